The monoisotopic (exact) mass is 396 g/mol. The summed E-state index contributed by atoms with van der Waals surface area (Å²) in [5.41, 5.74) is 0.583. The van der Waals surface area contributed by atoms with Crippen LogP contribution in [-0.2, 0) is 9.59 Å². The molecular weight excluding hydrogens is 379 g/mol. The van der Waals surface area contributed by atoms with Gasteiger partial charge in [-0.3, -0.25) is 9.59 Å². The normalized spacial score (nSPS) is 10.2. The number of hydrogen-bond donors (Lipinski definition) is 1. The Morgan fingerprint density at radius 1 is 1.08 bits per heavy atom. The molecule has 0 unspecified atom stereocenters. The minimum atomic E-state index is -0.359. The van der Waals surface area contributed by atoms with E-state index in [4.69, 9.17) is 32.7 Å². The lowest BCUT2D eigenvalue weighted by Gasteiger charge is -2.17. The molecule has 0 aliphatic rings. The summed E-state index contributed by atoms with van der Waals surface area (Å²) in [6.45, 7) is -0.352. The lowest BCUT2D eigenvalue weighted by Crippen LogP contribution is -2.37. The largest absolute Gasteiger partial charge is 0.497 e. The van der Waals surface area contributed by atoms with Crippen molar-refractivity contribution in [3.8, 4) is 11.5 Å². The number of methoxy groups -OCH3 is 1. The maximum atomic E-state index is 12.1. The molecule has 0 aliphatic carbocycles. The number of benzene rings is 2. The molecule has 26 heavy (non-hydrogen) atoms. The van der Waals surface area contributed by atoms with E-state index < -0.39 is 0 Å². The van der Waals surface area contributed by atoms with Crippen LogP contribution >= 0.6 is 23.2 Å². The van der Waals surface area contributed by atoms with Crippen molar-refractivity contribution in [2.45, 2.75) is 0 Å². The van der Waals surface area contributed by atoms with E-state index in [0.717, 1.165) is 0 Å². The second-order valence-electron chi connectivity index (χ2n) is 5.42. The highest BCUT2D eigenvalue weighted by molar-refractivity contribution is 6.34. The Morgan fingerprint density at radius 3 is 2.42 bits per heavy atom. The number of nitrogens with one attached hydrogen (secondary N) is 1. The number of nitrogens with zero attached hydrogens (tertiary/aromatic N) is 1. The SMILES string of the molecule is COc1cccc(NC(=O)CN(C)C(=O)COc2cc(Cl)cc(Cl)c2)c1. The summed E-state index contributed by atoms with van der Waals surface area (Å²) in [6.07, 6.45) is 0. The Balaban J connectivity index is 1.84. The first-order valence-corrected chi connectivity index (χ1v) is 8.39. The van der Waals surface area contributed by atoms with Gasteiger partial charge in [-0.15, -0.1) is 0 Å². The fourth-order valence-electron chi connectivity index (χ4n) is 2.07. The van der Waals surface area contributed by atoms with Gasteiger partial charge in [0, 0.05) is 28.8 Å². The van der Waals surface area contributed by atoms with Gasteiger partial charge in [-0.1, -0.05) is 29.3 Å². The average molecular weight is 397 g/mol. The van der Waals surface area contributed by atoms with Crippen molar-refractivity contribution >= 4 is 40.7 Å². The second-order valence-corrected chi connectivity index (χ2v) is 6.30. The van der Waals surface area contributed by atoms with Crippen molar-refractivity contribution < 1.29 is 19.1 Å². The lowest BCUT2D eigenvalue weighted by atomic mass is 10.3. The standard InChI is InChI=1S/C18H18Cl2N2O4/c1-22(10-17(23)21-14-4-3-5-15(9-14)25-2)18(24)11-26-16-7-12(19)6-13(20)8-16/h3-9H,10-11H2,1-2H3,(H,21,23). The first kappa shape index (κ1) is 19.9. The molecule has 0 radical (unpaired) electrons. The van der Waals surface area contributed by atoms with Gasteiger partial charge in [-0.2, -0.15) is 0 Å². The van der Waals surface area contributed by atoms with Gasteiger partial charge >= 0.3 is 0 Å². The van der Waals surface area contributed by atoms with Crippen molar-refractivity contribution in [3.63, 3.8) is 0 Å². The van der Waals surface area contributed by atoms with Crippen LogP contribution < -0.4 is 14.8 Å². The van der Waals surface area contributed by atoms with Crippen LogP contribution in [0.5, 0.6) is 11.5 Å². The summed E-state index contributed by atoms with van der Waals surface area (Å²) < 4.78 is 10.5. The topological polar surface area (TPSA) is 67.9 Å². The van der Waals surface area contributed by atoms with Crippen LogP contribution in [0, 0.1) is 0 Å². The van der Waals surface area contributed by atoms with Crippen molar-refractivity contribution in [1.82, 2.24) is 4.90 Å². The highest BCUT2D eigenvalue weighted by Gasteiger charge is 2.14. The maximum absolute atomic E-state index is 12.1. The van der Waals surface area contributed by atoms with Gasteiger partial charge in [0.15, 0.2) is 6.61 Å². The van der Waals surface area contributed by atoms with Gasteiger partial charge in [0.1, 0.15) is 11.5 Å². The van der Waals surface area contributed by atoms with E-state index in [2.05, 4.69) is 5.32 Å². The van der Waals surface area contributed by atoms with Crippen LogP contribution in [0.15, 0.2) is 42.5 Å². The first-order valence-electron chi connectivity index (χ1n) is 7.64. The van der Waals surface area contributed by atoms with Crippen LogP contribution in [0.4, 0.5) is 5.69 Å². The van der Waals surface area contributed by atoms with Crippen molar-refractivity contribution in [3.05, 3.63) is 52.5 Å². The highest BCUT2D eigenvalue weighted by atomic mass is 35.5. The summed E-state index contributed by atoms with van der Waals surface area (Å²) >= 11 is 11.7. The van der Waals surface area contributed by atoms with Gasteiger partial charge < -0.3 is 19.7 Å². The maximum Gasteiger partial charge on any atom is 0.260 e. The van der Waals surface area contributed by atoms with Crippen molar-refractivity contribution in [2.75, 3.05) is 32.6 Å². The molecule has 0 spiro atoms. The lowest BCUT2D eigenvalue weighted by molar-refractivity contribution is -0.135. The zero-order chi connectivity index (χ0) is 19.1. The predicted molar refractivity (Wildman–Crippen MR) is 101 cm³/mol. The quantitative estimate of drug-likeness (QED) is 0.777. The predicted octanol–water partition coefficient (Wildman–Crippen LogP) is 3.48. The Kier molecular flexibility index (Phi) is 7.12. The highest BCUT2D eigenvalue weighted by Crippen LogP contribution is 2.24. The summed E-state index contributed by atoms with van der Waals surface area (Å²) in [7, 11) is 3.06. The number of hydrogen-bond acceptors (Lipinski definition) is 4. The molecule has 0 aromatic heterocycles. The Bertz CT molecular complexity index is 778. The number of amides is 2. The molecule has 2 aromatic rings. The number of halogens is 2. The molecular formula is C18H18Cl2N2O4. The van der Waals surface area contributed by atoms with Crippen molar-refractivity contribution in [2.24, 2.45) is 0 Å². The Labute approximate surface area is 161 Å². The van der Waals surface area contributed by atoms with Gasteiger partial charge in [0.25, 0.3) is 5.91 Å². The molecule has 2 amide bonds. The van der Waals surface area contributed by atoms with Crippen LogP contribution in [-0.4, -0.2) is 44.0 Å². The molecule has 0 heterocycles. The number of rotatable bonds is 7. The van der Waals surface area contributed by atoms with E-state index >= 15 is 0 Å². The van der Waals surface area contributed by atoms with E-state index in [1.54, 1.807) is 49.6 Å². The molecule has 0 fully saturated rings. The van der Waals surface area contributed by atoms with E-state index in [-0.39, 0.29) is 25.0 Å². The van der Waals surface area contributed by atoms with E-state index in [0.29, 0.717) is 27.2 Å². The third-order valence-electron chi connectivity index (χ3n) is 3.36. The molecule has 0 saturated carbocycles. The number of anilines is 1. The second kappa shape index (κ2) is 9.31. The molecule has 0 bridgehead atoms. The number of ether oxygens (including phenoxy) is 2. The third-order valence-corrected chi connectivity index (χ3v) is 3.79. The smallest absolute Gasteiger partial charge is 0.260 e. The molecule has 138 valence electrons. The molecule has 0 saturated heterocycles. The zero-order valence-corrected chi connectivity index (χ0v) is 15.8. The van der Waals surface area contributed by atoms with Gasteiger partial charge in [-0.05, 0) is 30.3 Å². The Morgan fingerprint density at radius 2 is 1.77 bits per heavy atom. The summed E-state index contributed by atoms with van der Waals surface area (Å²) in [4.78, 5) is 25.4. The molecule has 2 aromatic carbocycles. The summed E-state index contributed by atoms with van der Waals surface area (Å²) in [5.74, 6) is 0.313. The number of carbonyl (C=O) groups is 2. The van der Waals surface area contributed by atoms with Crippen LogP contribution in [0.2, 0.25) is 10.0 Å². The third kappa shape index (κ3) is 6.13. The Hall–Kier alpha value is -2.44. The van der Waals surface area contributed by atoms with E-state index in [1.807, 2.05) is 0 Å². The fourth-order valence-corrected chi connectivity index (χ4v) is 2.58. The summed E-state index contributed by atoms with van der Waals surface area (Å²) in [6, 6.07) is 11.6. The van der Waals surface area contributed by atoms with E-state index in [9.17, 15) is 9.59 Å². The number of carbonyl (C=O) groups excluding carboxylic acids is 2. The van der Waals surface area contributed by atoms with Gasteiger partial charge in [-0.25, -0.2) is 0 Å². The molecule has 1 N–H and O–H groups in total. The molecule has 0 aliphatic heterocycles. The van der Waals surface area contributed by atoms with Crippen molar-refractivity contribution in [1.29, 1.82) is 0 Å². The molecule has 2 rings (SSSR count). The molecule has 6 nitrogen and oxygen atoms in total. The minimum absolute atomic E-state index is 0.115. The molecule has 8 heteroatoms. The minimum Gasteiger partial charge on any atom is -0.497 e. The zero-order valence-electron chi connectivity index (χ0n) is 14.3. The van der Waals surface area contributed by atoms with Crippen LogP contribution in [0.25, 0.3) is 0 Å². The number of likely N-dealkylation sites (N-methyl/N-ethyl adjacent to an activating group) is 1. The van der Waals surface area contributed by atoms with E-state index in [1.165, 1.54) is 11.9 Å². The fraction of sp³-hybridized carbons (Fsp3) is 0.222. The van der Waals surface area contributed by atoms with Crippen LogP contribution in [0.1, 0.15) is 0 Å². The van der Waals surface area contributed by atoms with Crippen LogP contribution in [0.3, 0.4) is 0 Å². The molecule has 0 atom stereocenters. The van der Waals surface area contributed by atoms with Gasteiger partial charge in [0.05, 0.1) is 13.7 Å². The average Bonchev–Trinajstić information content (AvgIpc) is 2.58. The summed E-state index contributed by atoms with van der Waals surface area (Å²) in [5, 5.41) is 3.52. The van der Waals surface area contributed by atoms with Gasteiger partial charge in [0.2, 0.25) is 5.91 Å². The first-order chi connectivity index (χ1) is 12.4.